The number of hydrogen-bond donors (Lipinski definition) is 3. The van der Waals surface area contributed by atoms with Gasteiger partial charge >= 0.3 is 5.97 Å². The van der Waals surface area contributed by atoms with Crippen LogP contribution in [0.4, 0.5) is 0 Å². The molecule has 2 amide bonds. The first-order chi connectivity index (χ1) is 12.6. The van der Waals surface area contributed by atoms with Crippen molar-refractivity contribution in [2.45, 2.75) is 37.9 Å². The molecule has 0 aliphatic carbocycles. The number of rotatable bonds is 3. The van der Waals surface area contributed by atoms with Gasteiger partial charge in [0.25, 0.3) is 0 Å². The number of aliphatic hydroxyl groups excluding tert-OH is 1. The second-order valence-corrected chi connectivity index (χ2v) is 7.98. The molecule has 3 N–H and O–H groups in total. The summed E-state index contributed by atoms with van der Waals surface area (Å²) in [4.78, 5) is 39.3. The van der Waals surface area contributed by atoms with E-state index in [9.17, 15) is 24.6 Å². The van der Waals surface area contributed by atoms with Crippen LogP contribution in [0.2, 0.25) is 0 Å². The molecule has 0 radical (unpaired) electrons. The van der Waals surface area contributed by atoms with Gasteiger partial charge in [0.2, 0.25) is 11.8 Å². The molecule has 2 fully saturated rings. The van der Waals surface area contributed by atoms with Crippen molar-refractivity contribution in [1.82, 2.24) is 10.2 Å². The Morgan fingerprint density at radius 2 is 1.85 bits per heavy atom. The normalized spacial score (nSPS) is 30.3. The van der Waals surface area contributed by atoms with Gasteiger partial charge in [-0.05, 0) is 38.5 Å². The highest BCUT2D eigenvalue weighted by atomic mass is 16.4. The van der Waals surface area contributed by atoms with Gasteiger partial charge in [-0.2, -0.15) is 5.26 Å². The average Bonchev–Trinajstić information content (AvgIpc) is 3.09. The molecule has 1 aromatic carbocycles. The SMILES string of the molecule is CC(C)(C)N1C(=O)C2C(c3ccc(C#N)cc3)NC(CO)(C(=O)O)C2C1=O. The lowest BCUT2D eigenvalue weighted by molar-refractivity contribution is -0.155. The van der Waals surface area contributed by atoms with Crippen LogP contribution in [-0.2, 0) is 14.4 Å². The van der Waals surface area contributed by atoms with Crippen LogP contribution in [-0.4, -0.2) is 50.6 Å². The van der Waals surface area contributed by atoms with Crippen molar-refractivity contribution in [2.75, 3.05) is 6.61 Å². The summed E-state index contributed by atoms with van der Waals surface area (Å²) in [5, 5.41) is 31.5. The zero-order chi connectivity index (χ0) is 20.1. The molecular weight excluding hydrogens is 350 g/mol. The van der Waals surface area contributed by atoms with Crippen molar-refractivity contribution in [2.24, 2.45) is 11.8 Å². The molecule has 2 aliphatic heterocycles. The van der Waals surface area contributed by atoms with Crippen LogP contribution in [0.3, 0.4) is 0 Å². The van der Waals surface area contributed by atoms with Crippen molar-refractivity contribution in [3.05, 3.63) is 35.4 Å². The maximum Gasteiger partial charge on any atom is 0.327 e. The molecule has 3 rings (SSSR count). The van der Waals surface area contributed by atoms with E-state index in [-0.39, 0.29) is 0 Å². The maximum absolute atomic E-state index is 13.1. The van der Waals surface area contributed by atoms with Crippen LogP contribution in [0.25, 0.3) is 0 Å². The second kappa shape index (κ2) is 6.15. The Labute approximate surface area is 156 Å². The van der Waals surface area contributed by atoms with Crippen LogP contribution in [0.5, 0.6) is 0 Å². The van der Waals surface area contributed by atoms with Crippen molar-refractivity contribution in [3.63, 3.8) is 0 Å². The fourth-order valence-electron chi connectivity index (χ4n) is 4.13. The number of benzene rings is 1. The van der Waals surface area contributed by atoms with Gasteiger partial charge in [-0.3, -0.25) is 24.6 Å². The van der Waals surface area contributed by atoms with Crippen molar-refractivity contribution >= 4 is 17.8 Å². The molecule has 8 heteroatoms. The van der Waals surface area contributed by atoms with Crippen molar-refractivity contribution in [3.8, 4) is 6.07 Å². The monoisotopic (exact) mass is 371 g/mol. The zero-order valence-electron chi connectivity index (χ0n) is 15.3. The van der Waals surface area contributed by atoms with E-state index >= 15 is 0 Å². The number of nitriles is 1. The quantitative estimate of drug-likeness (QED) is 0.656. The first kappa shape index (κ1) is 19.0. The summed E-state index contributed by atoms with van der Waals surface area (Å²) >= 11 is 0. The van der Waals surface area contributed by atoms with Crippen molar-refractivity contribution in [1.29, 1.82) is 5.26 Å². The van der Waals surface area contributed by atoms with Gasteiger partial charge in [0.05, 0.1) is 30.1 Å². The summed E-state index contributed by atoms with van der Waals surface area (Å²) in [6.45, 7) is 4.29. The number of nitrogens with zero attached hydrogens (tertiary/aromatic N) is 2. The molecule has 0 bridgehead atoms. The number of carbonyl (C=O) groups excluding carboxylic acids is 2. The number of carboxylic acid groups (broad SMARTS) is 1. The minimum absolute atomic E-state index is 0.421. The second-order valence-electron chi connectivity index (χ2n) is 7.98. The molecule has 4 unspecified atom stereocenters. The summed E-state index contributed by atoms with van der Waals surface area (Å²) in [7, 11) is 0. The van der Waals surface area contributed by atoms with Crippen LogP contribution in [0, 0.1) is 23.2 Å². The van der Waals surface area contributed by atoms with Crippen LogP contribution >= 0.6 is 0 Å². The van der Waals surface area contributed by atoms with Crippen molar-refractivity contribution < 1.29 is 24.6 Å². The predicted octanol–water partition coefficient (Wildman–Crippen LogP) is 0.418. The highest BCUT2D eigenvalue weighted by molar-refractivity contribution is 6.10. The number of aliphatic hydroxyl groups is 1. The van der Waals surface area contributed by atoms with E-state index in [1.807, 2.05) is 6.07 Å². The topological polar surface area (TPSA) is 131 Å². The smallest absolute Gasteiger partial charge is 0.327 e. The third kappa shape index (κ3) is 2.62. The average molecular weight is 371 g/mol. The van der Waals surface area contributed by atoms with E-state index in [4.69, 9.17) is 5.26 Å². The minimum atomic E-state index is -1.95. The summed E-state index contributed by atoms with van der Waals surface area (Å²) in [5.41, 5.74) is -1.76. The Hall–Kier alpha value is -2.76. The largest absolute Gasteiger partial charge is 0.480 e. The van der Waals surface area contributed by atoms with Crippen LogP contribution < -0.4 is 5.32 Å². The molecule has 2 saturated heterocycles. The number of carboxylic acids is 1. The van der Waals surface area contributed by atoms with Gasteiger partial charge in [-0.15, -0.1) is 0 Å². The molecule has 0 saturated carbocycles. The number of likely N-dealkylation sites (tertiary alicyclic amines) is 1. The number of fused-ring (bicyclic) bond motifs is 1. The molecule has 0 aromatic heterocycles. The number of carbonyl (C=O) groups is 3. The molecule has 0 spiro atoms. The molecule has 27 heavy (non-hydrogen) atoms. The number of hydrogen-bond acceptors (Lipinski definition) is 6. The summed E-state index contributed by atoms with van der Waals surface area (Å²) in [6, 6.07) is 7.61. The first-order valence-electron chi connectivity index (χ1n) is 8.58. The fraction of sp³-hybridized carbons (Fsp3) is 0.474. The van der Waals surface area contributed by atoms with E-state index in [1.54, 1.807) is 45.0 Å². The van der Waals surface area contributed by atoms with Crippen LogP contribution in [0.1, 0.15) is 37.9 Å². The summed E-state index contributed by atoms with van der Waals surface area (Å²) < 4.78 is 0. The zero-order valence-corrected chi connectivity index (χ0v) is 15.3. The molecule has 4 atom stereocenters. The number of nitrogens with one attached hydrogen (secondary N) is 1. The first-order valence-corrected chi connectivity index (χ1v) is 8.58. The molecule has 8 nitrogen and oxygen atoms in total. The maximum atomic E-state index is 13.1. The lowest BCUT2D eigenvalue weighted by Gasteiger charge is -2.34. The fourth-order valence-corrected chi connectivity index (χ4v) is 4.13. The summed E-state index contributed by atoms with van der Waals surface area (Å²) in [5.74, 6) is -4.61. The highest BCUT2D eigenvalue weighted by Crippen LogP contribution is 2.50. The molecular formula is C19H21N3O5. The lowest BCUT2D eigenvalue weighted by Crippen LogP contribution is -2.59. The number of aliphatic carboxylic acids is 1. The van der Waals surface area contributed by atoms with Gasteiger partial charge in [-0.1, -0.05) is 12.1 Å². The molecule has 2 heterocycles. The van der Waals surface area contributed by atoms with Gasteiger partial charge in [0.15, 0.2) is 5.54 Å². The minimum Gasteiger partial charge on any atom is -0.480 e. The molecule has 1 aromatic rings. The van der Waals surface area contributed by atoms with Crippen LogP contribution in [0.15, 0.2) is 24.3 Å². The standard InChI is InChI=1S/C19H21N3O5/c1-18(2,3)22-15(24)12-13(16(22)25)19(9-23,17(26)27)21-14(12)11-6-4-10(8-20)5-7-11/h4-7,12-14,21,23H,9H2,1-3H3,(H,26,27). The van der Waals surface area contributed by atoms with Gasteiger partial charge in [0, 0.05) is 11.6 Å². The Morgan fingerprint density at radius 3 is 2.30 bits per heavy atom. The van der Waals surface area contributed by atoms with Gasteiger partial charge in [-0.25, -0.2) is 0 Å². The van der Waals surface area contributed by atoms with E-state index < -0.39 is 53.3 Å². The van der Waals surface area contributed by atoms with Gasteiger partial charge in [0.1, 0.15) is 0 Å². The Kier molecular flexibility index (Phi) is 4.33. The Balaban J connectivity index is 2.15. The van der Waals surface area contributed by atoms with E-state index in [0.29, 0.717) is 11.1 Å². The Morgan fingerprint density at radius 1 is 1.26 bits per heavy atom. The molecule has 142 valence electrons. The predicted molar refractivity (Wildman–Crippen MR) is 93.1 cm³/mol. The number of imide groups is 1. The highest BCUT2D eigenvalue weighted by Gasteiger charge is 2.69. The third-order valence-corrected chi connectivity index (χ3v) is 5.35. The third-order valence-electron chi connectivity index (χ3n) is 5.35. The van der Waals surface area contributed by atoms with E-state index in [1.165, 1.54) is 0 Å². The van der Waals surface area contributed by atoms with Gasteiger partial charge < -0.3 is 10.2 Å². The van der Waals surface area contributed by atoms with E-state index in [0.717, 1.165) is 4.90 Å². The lowest BCUT2D eigenvalue weighted by atomic mass is 9.79. The Bertz CT molecular complexity index is 852. The summed E-state index contributed by atoms with van der Waals surface area (Å²) in [6.07, 6.45) is 0. The molecule has 2 aliphatic rings. The van der Waals surface area contributed by atoms with E-state index in [2.05, 4.69) is 5.32 Å². The number of amides is 2.